The lowest BCUT2D eigenvalue weighted by atomic mass is 9.80. The first-order chi connectivity index (χ1) is 17.5. The van der Waals surface area contributed by atoms with Crippen LogP contribution in [0.25, 0.3) is 0 Å². The van der Waals surface area contributed by atoms with E-state index in [-0.39, 0.29) is 27.3 Å². The second-order valence-corrected chi connectivity index (χ2v) is 8.05. The van der Waals surface area contributed by atoms with Crippen molar-refractivity contribution in [2.24, 2.45) is 7.05 Å². The number of carbonyl (C=O) groups is 1. The molecule has 0 unspecified atom stereocenters. The molecule has 3 aromatic heterocycles. The van der Waals surface area contributed by atoms with Crippen molar-refractivity contribution in [3.63, 3.8) is 0 Å². The van der Waals surface area contributed by atoms with Gasteiger partial charge in [0.05, 0.1) is 24.0 Å². The monoisotopic (exact) mass is 513 g/mol. The SMILES string of the molecule is C[C@H](c1nc(C(=O)Nc2cnoc2)c(O)c(=O)n1C)[C@H](c1cnn(C(F)(F)F)c1)c1ccccc1C#N. The number of rotatable bonds is 6. The molecular formula is C23H18F3N7O4. The lowest BCUT2D eigenvalue weighted by Gasteiger charge is -2.26. The van der Waals surface area contributed by atoms with Gasteiger partial charge in [0.25, 0.3) is 11.5 Å². The lowest BCUT2D eigenvalue weighted by Crippen LogP contribution is -2.29. The molecule has 0 fully saturated rings. The van der Waals surface area contributed by atoms with Crippen LogP contribution in [0.2, 0.25) is 0 Å². The van der Waals surface area contributed by atoms with E-state index in [9.17, 15) is 33.1 Å². The molecule has 190 valence electrons. The maximum absolute atomic E-state index is 13.3. The van der Waals surface area contributed by atoms with Gasteiger partial charge in [0, 0.05) is 25.1 Å². The first kappa shape index (κ1) is 25.2. The molecule has 0 bridgehead atoms. The number of alkyl halides is 3. The zero-order valence-electron chi connectivity index (χ0n) is 19.3. The molecule has 2 N–H and O–H groups in total. The van der Waals surface area contributed by atoms with Crippen molar-refractivity contribution in [1.82, 2.24) is 24.5 Å². The topological polar surface area (TPSA) is 152 Å². The first-order valence-electron chi connectivity index (χ1n) is 10.6. The molecule has 0 saturated heterocycles. The van der Waals surface area contributed by atoms with Crippen LogP contribution in [-0.2, 0) is 13.3 Å². The largest absolute Gasteiger partial charge is 0.504 e. The maximum Gasteiger partial charge on any atom is 0.504 e. The molecule has 0 aliphatic carbocycles. The van der Waals surface area contributed by atoms with E-state index in [1.54, 1.807) is 25.1 Å². The van der Waals surface area contributed by atoms with Gasteiger partial charge in [-0.3, -0.25) is 14.2 Å². The summed E-state index contributed by atoms with van der Waals surface area (Å²) in [7, 11) is 1.30. The highest BCUT2D eigenvalue weighted by molar-refractivity contribution is 6.04. The van der Waals surface area contributed by atoms with Crippen LogP contribution >= 0.6 is 0 Å². The van der Waals surface area contributed by atoms with Crippen molar-refractivity contribution in [1.29, 1.82) is 5.26 Å². The number of hydrogen-bond donors (Lipinski definition) is 2. The molecule has 11 nitrogen and oxygen atoms in total. The first-order valence-corrected chi connectivity index (χ1v) is 10.6. The summed E-state index contributed by atoms with van der Waals surface area (Å²) < 4.78 is 45.4. The van der Waals surface area contributed by atoms with Gasteiger partial charge < -0.3 is 14.9 Å². The van der Waals surface area contributed by atoms with E-state index in [1.807, 2.05) is 6.07 Å². The highest BCUT2D eigenvalue weighted by Gasteiger charge is 2.35. The minimum atomic E-state index is -4.78. The molecule has 37 heavy (non-hydrogen) atoms. The number of aromatic nitrogens is 5. The number of carbonyl (C=O) groups excluding carboxylic acids is 1. The molecule has 0 spiro atoms. The van der Waals surface area contributed by atoms with Gasteiger partial charge in [0.15, 0.2) is 5.69 Å². The smallest absolute Gasteiger partial charge is 0.501 e. The summed E-state index contributed by atoms with van der Waals surface area (Å²) in [5.41, 5.74) is -0.785. The quantitative estimate of drug-likeness (QED) is 0.399. The van der Waals surface area contributed by atoms with Crippen molar-refractivity contribution >= 4 is 11.6 Å². The van der Waals surface area contributed by atoms with Gasteiger partial charge in [0.2, 0.25) is 5.75 Å². The third-order valence-corrected chi connectivity index (χ3v) is 5.75. The van der Waals surface area contributed by atoms with Crippen LogP contribution in [0.5, 0.6) is 5.75 Å². The predicted molar refractivity (Wildman–Crippen MR) is 121 cm³/mol. The fourth-order valence-electron chi connectivity index (χ4n) is 4.02. The summed E-state index contributed by atoms with van der Waals surface area (Å²) in [6.07, 6.45) is -0.675. The van der Waals surface area contributed by atoms with Crippen LogP contribution in [-0.4, -0.2) is 35.5 Å². The van der Waals surface area contributed by atoms with Crippen molar-refractivity contribution in [2.45, 2.75) is 25.1 Å². The number of nitrogens with zero attached hydrogens (tertiary/aromatic N) is 6. The fourth-order valence-corrected chi connectivity index (χ4v) is 4.02. The van der Waals surface area contributed by atoms with E-state index >= 15 is 0 Å². The Morgan fingerprint density at radius 2 is 2.00 bits per heavy atom. The predicted octanol–water partition coefficient (Wildman–Crippen LogP) is 3.21. The van der Waals surface area contributed by atoms with Crippen molar-refractivity contribution in [3.8, 4) is 11.8 Å². The summed E-state index contributed by atoms with van der Waals surface area (Å²) in [6, 6.07) is 8.32. The summed E-state index contributed by atoms with van der Waals surface area (Å²) >= 11 is 0. The summed E-state index contributed by atoms with van der Waals surface area (Å²) in [5, 5.41) is 29.2. The number of nitriles is 1. The summed E-state index contributed by atoms with van der Waals surface area (Å²) in [4.78, 5) is 29.8. The maximum atomic E-state index is 13.3. The van der Waals surface area contributed by atoms with Crippen LogP contribution in [0.3, 0.4) is 0 Å². The van der Waals surface area contributed by atoms with Crippen LogP contribution in [0.15, 0.2) is 58.4 Å². The molecule has 1 amide bonds. The van der Waals surface area contributed by atoms with Gasteiger partial charge >= 0.3 is 6.30 Å². The van der Waals surface area contributed by atoms with Crippen LogP contribution in [0.1, 0.15) is 51.8 Å². The van der Waals surface area contributed by atoms with E-state index in [2.05, 4.69) is 25.1 Å². The molecule has 1 aromatic carbocycles. The Morgan fingerprint density at radius 1 is 1.27 bits per heavy atom. The molecule has 14 heteroatoms. The van der Waals surface area contributed by atoms with E-state index in [4.69, 9.17) is 0 Å². The average molecular weight is 513 g/mol. The van der Waals surface area contributed by atoms with Crippen molar-refractivity contribution in [3.05, 3.63) is 87.7 Å². The molecule has 3 heterocycles. The molecule has 4 aromatic rings. The number of hydrogen-bond acceptors (Lipinski definition) is 8. The summed E-state index contributed by atoms with van der Waals surface area (Å²) in [5.74, 6) is -3.71. The second kappa shape index (κ2) is 9.61. The van der Waals surface area contributed by atoms with Gasteiger partial charge in [-0.1, -0.05) is 30.3 Å². The van der Waals surface area contributed by atoms with Crippen LogP contribution < -0.4 is 10.9 Å². The van der Waals surface area contributed by atoms with Gasteiger partial charge in [0.1, 0.15) is 17.8 Å². The minimum Gasteiger partial charge on any atom is -0.501 e. The van der Waals surface area contributed by atoms with Gasteiger partial charge in [-0.2, -0.15) is 15.0 Å². The Hall–Kier alpha value is -4.93. The standard InChI is InChI=1S/C23H18F3N7O4/c1-12(20-31-18(19(34)22(36)32(20)2)21(35)30-15-9-29-37-11-15)17(16-6-4-3-5-13(16)7-27)14-8-28-33(10-14)23(24,25)26/h3-6,8-12,17,34H,1-2H3,(H,30,35)/t12-,17+/m0/s1. The number of benzene rings is 1. The fraction of sp³-hybridized carbons (Fsp3) is 0.217. The molecule has 0 aliphatic rings. The van der Waals surface area contributed by atoms with Crippen LogP contribution in [0, 0.1) is 11.3 Å². The van der Waals surface area contributed by atoms with Gasteiger partial charge in [-0.25, -0.2) is 4.98 Å². The Balaban J connectivity index is 1.87. The second-order valence-electron chi connectivity index (χ2n) is 8.05. The molecule has 2 atom stereocenters. The highest BCUT2D eigenvalue weighted by Crippen LogP contribution is 2.39. The third kappa shape index (κ3) is 4.79. The van der Waals surface area contributed by atoms with Gasteiger partial charge in [-0.05, 0) is 17.2 Å². The Morgan fingerprint density at radius 3 is 2.62 bits per heavy atom. The molecule has 4 rings (SSSR count). The Bertz CT molecular complexity index is 1550. The zero-order chi connectivity index (χ0) is 26.9. The normalized spacial score (nSPS) is 13.1. The molecule has 0 radical (unpaired) electrons. The Labute approximate surface area is 206 Å². The average Bonchev–Trinajstić information content (AvgIpc) is 3.55. The zero-order valence-corrected chi connectivity index (χ0v) is 19.3. The number of anilines is 1. The van der Waals surface area contributed by atoms with Crippen LogP contribution in [0.4, 0.5) is 18.9 Å². The lowest BCUT2D eigenvalue weighted by molar-refractivity contribution is -0.212. The van der Waals surface area contributed by atoms with E-state index < -0.39 is 41.0 Å². The molecular weight excluding hydrogens is 495 g/mol. The Kier molecular flexibility index (Phi) is 6.54. The van der Waals surface area contributed by atoms with E-state index in [0.29, 0.717) is 5.56 Å². The third-order valence-electron chi connectivity index (χ3n) is 5.75. The minimum absolute atomic E-state index is 0.0317. The molecule has 0 saturated carbocycles. The summed E-state index contributed by atoms with van der Waals surface area (Å²) in [6.45, 7) is 1.57. The van der Waals surface area contributed by atoms with E-state index in [1.165, 1.54) is 19.3 Å². The van der Waals surface area contributed by atoms with Crippen molar-refractivity contribution in [2.75, 3.05) is 5.32 Å². The van der Waals surface area contributed by atoms with Gasteiger partial charge in [-0.15, -0.1) is 13.2 Å². The number of nitrogens with one attached hydrogen (secondary N) is 1. The molecule has 0 aliphatic heterocycles. The van der Waals surface area contributed by atoms with E-state index in [0.717, 1.165) is 23.2 Å². The number of halogens is 3. The van der Waals surface area contributed by atoms with Crippen molar-refractivity contribution < 1.29 is 27.6 Å². The number of aromatic hydroxyl groups is 1. The highest BCUT2D eigenvalue weighted by atomic mass is 19.4. The number of amides is 1.